The minimum atomic E-state index is -0.970. The van der Waals surface area contributed by atoms with Gasteiger partial charge < -0.3 is 5.32 Å². The second-order valence-corrected chi connectivity index (χ2v) is 5.78. The van der Waals surface area contributed by atoms with E-state index in [-0.39, 0.29) is 11.6 Å². The van der Waals surface area contributed by atoms with Crippen LogP contribution in [-0.4, -0.2) is 23.9 Å². The molecule has 0 aliphatic carbocycles. The quantitative estimate of drug-likeness (QED) is 0.827. The third kappa shape index (κ3) is 5.42. The third-order valence-electron chi connectivity index (χ3n) is 3.79. The molecule has 0 fully saturated rings. The van der Waals surface area contributed by atoms with Crippen LogP contribution in [0.2, 0.25) is 0 Å². The van der Waals surface area contributed by atoms with Crippen molar-refractivity contribution in [1.29, 1.82) is 0 Å². The first kappa shape index (κ1) is 18.1. The normalized spacial score (nSPS) is 10.9. The number of amides is 1. The summed E-state index contributed by atoms with van der Waals surface area (Å²) in [4.78, 5) is 14.1. The van der Waals surface area contributed by atoms with Crippen molar-refractivity contribution in [3.8, 4) is 0 Å². The number of carbonyl (C=O) groups is 1. The van der Waals surface area contributed by atoms with E-state index in [1.807, 2.05) is 13.0 Å². The molecule has 0 aliphatic heterocycles. The largest absolute Gasteiger partial charge is 0.326 e. The lowest BCUT2D eigenvalue weighted by molar-refractivity contribution is -0.116. The van der Waals surface area contributed by atoms with Crippen LogP contribution in [0.25, 0.3) is 0 Å². The number of nitrogens with zero attached hydrogens (tertiary/aromatic N) is 1. The van der Waals surface area contributed by atoms with E-state index in [0.29, 0.717) is 13.0 Å². The van der Waals surface area contributed by atoms with Crippen LogP contribution in [0.3, 0.4) is 0 Å². The van der Waals surface area contributed by atoms with Gasteiger partial charge in [-0.2, -0.15) is 0 Å². The summed E-state index contributed by atoms with van der Waals surface area (Å²) in [6.45, 7) is 6.29. The molecule has 3 nitrogen and oxygen atoms in total. The lowest BCUT2D eigenvalue weighted by atomic mass is 10.1. The molecule has 0 saturated heterocycles. The number of hydrogen-bond donors (Lipinski definition) is 1. The molecule has 0 saturated carbocycles. The molecule has 2 aromatic rings. The zero-order chi connectivity index (χ0) is 17.5. The number of benzene rings is 2. The number of halogens is 2. The van der Waals surface area contributed by atoms with E-state index in [1.54, 1.807) is 0 Å². The molecule has 0 aliphatic rings. The van der Waals surface area contributed by atoms with Crippen LogP contribution in [0.5, 0.6) is 0 Å². The van der Waals surface area contributed by atoms with Crippen LogP contribution < -0.4 is 5.32 Å². The topological polar surface area (TPSA) is 32.3 Å². The van der Waals surface area contributed by atoms with Gasteiger partial charge in [-0.15, -0.1) is 0 Å². The maximum atomic E-state index is 13.1. The van der Waals surface area contributed by atoms with Gasteiger partial charge in [0.15, 0.2) is 11.6 Å². The number of carbonyl (C=O) groups excluding carboxylic acids is 1. The molecular formula is C19H22F2N2O. The van der Waals surface area contributed by atoms with Crippen molar-refractivity contribution in [3.05, 3.63) is 65.2 Å². The summed E-state index contributed by atoms with van der Waals surface area (Å²) in [5.41, 5.74) is 2.68. The second-order valence-electron chi connectivity index (χ2n) is 5.78. The van der Waals surface area contributed by atoms with Crippen LogP contribution >= 0.6 is 0 Å². The first-order valence-electron chi connectivity index (χ1n) is 8.00. The van der Waals surface area contributed by atoms with Gasteiger partial charge in [-0.1, -0.05) is 36.8 Å². The smallest absolute Gasteiger partial charge is 0.225 e. The number of nitrogens with one attached hydrogen (secondary N) is 1. The van der Waals surface area contributed by atoms with Crippen LogP contribution in [0, 0.1) is 18.6 Å². The lowest BCUT2D eigenvalue weighted by Crippen LogP contribution is -2.27. The lowest BCUT2D eigenvalue weighted by Gasteiger charge is -2.20. The summed E-state index contributed by atoms with van der Waals surface area (Å²) >= 11 is 0. The first-order chi connectivity index (χ1) is 11.5. The summed E-state index contributed by atoms with van der Waals surface area (Å²) in [6.07, 6.45) is 0.290. The Hall–Kier alpha value is -2.27. The van der Waals surface area contributed by atoms with Gasteiger partial charge in [0.1, 0.15) is 0 Å². The highest BCUT2D eigenvalue weighted by Gasteiger charge is 2.09. The highest BCUT2D eigenvalue weighted by atomic mass is 19.2. The molecule has 24 heavy (non-hydrogen) atoms. The highest BCUT2D eigenvalue weighted by molar-refractivity contribution is 5.90. The molecule has 1 N–H and O–H groups in total. The SMILES string of the molecule is CCN(CCC(=O)Nc1ccc(F)c(F)c1)Cc1cccc(C)c1. The van der Waals surface area contributed by atoms with Gasteiger partial charge in [-0.25, -0.2) is 8.78 Å². The van der Waals surface area contributed by atoms with Crippen molar-refractivity contribution in [2.75, 3.05) is 18.4 Å². The molecule has 2 aromatic carbocycles. The minimum Gasteiger partial charge on any atom is -0.326 e. The molecule has 5 heteroatoms. The Bertz CT molecular complexity index is 704. The fourth-order valence-electron chi connectivity index (χ4n) is 2.47. The molecule has 0 heterocycles. The number of aryl methyl sites for hydroxylation is 1. The van der Waals surface area contributed by atoms with E-state index in [9.17, 15) is 13.6 Å². The number of hydrogen-bond acceptors (Lipinski definition) is 2. The van der Waals surface area contributed by atoms with E-state index in [4.69, 9.17) is 0 Å². The summed E-state index contributed by atoms with van der Waals surface area (Å²) < 4.78 is 26.0. The summed E-state index contributed by atoms with van der Waals surface area (Å²) in [5.74, 6) is -2.12. The predicted molar refractivity (Wildman–Crippen MR) is 91.7 cm³/mol. The average molecular weight is 332 g/mol. The molecular weight excluding hydrogens is 310 g/mol. The van der Waals surface area contributed by atoms with Gasteiger partial charge in [-0.3, -0.25) is 9.69 Å². The Kier molecular flexibility index (Phi) is 6.44. The van der Waals surface area contributed by atoms with E-state index in [0.717, 1.165) is 25.2 Å². The maximum absolute atomic E-state index is 13.1. The van der Waals surface area contributed by atoms with Crippen LogP contribution in [0.4, 0.5) is 14.5 Å². The van der Waals surface area contributed by atoms with Gasteiger partial charge in [-0.05, 0) is 31.2 Å². The Balaban J connectivity index is 1.85. The van der Waals surface area contributed by atoms with Crippen LogP contribution in [-0.2, 0) is 11.3 Å². The standard InChI is InChI=1S/C19H22F2N2O/c1-3-23(13-15-6-4-5-14(2)11-15)10-9-19(24)22-16-7-8-17(20)18(21)12-16/h4-8,11-12H,3,9-10,13H2,1-2H3,(H,22,24). The number of rotatable bonds is 7. The Morgan fingerprint density at radius 1 is 1.12 bits per heavy atom. The van der Waals surface area contributed by atoms with Gasteiger partial charge in [0.25, 0.3) is 0 Å². The third-order valence-corrected chi connectivity index (χ3v) is 3.79. The van der Waals surface area contributed by atoms with Crippen molar-refractivity contribution in [3.63, 3.8) is 0 Å². The van der Waals surface area contributed by atoms with Crippen LogP contribution in [0.15, 0.2) is 42.5 Å². The minimum absolute atomic E-state index is 0.219. The van der Waals surface area contributed by atoms with Gasteiger partial charge >= 0.3 is 0 Å². The zero-order valence-electron chi connectivity index (χ0n) is 14.0. The fourth-order valence-corrected chi connectivity index (χ4v) is 2.47. The molecule has 2 rings (SSSR count). The highest BCUT2D eigenvalue weighted by Crippen LogP contribution is 2.13. The first-order valence-corrected chi connectivity index (χ1v) is 8.00. The van der Waals surface area contributed by atoms with Crippen molar-refractivity contribution in [2.45, 2.75) is 26.8 Å². The molecule has 1 amide bonds. The van der Waals surface area contributed by atoms with Crippen molar-refractivity contribution in [2.24, 2.45) is 0 Å². The maximum Gasteiger partial charge on any atom is 0.225 e. The van der Waals surface area contributed by atoms with Crippen molar-refractivity contribution < 1.29 is 13.6 Å². The van der Waals surface area contributed by atoms with E-state index < -0.39 is 11.6 Å². The molecule has 0 atom stereocenters. The predicted octanol–water partition coefficient (Wildman–Crippen LogP) is 4.12. The molecule has 0 spiro atoms. The van der Waals surface area contributed by atoms with E-state index in [2.05, 4.69) is 35.3 Å². The van der Waals surface area contributed by atoms with Gasteiger partial charge in [0.05, 0.1) is 0 Å². The molecule has 0 radical (unpaired) electrons. The molecule has 128 valence electrons. The van der Waals surface area contributed by atoms with Crippen LogP contribution in [0.1, 0.15) is 24.5 Å². The number of anilines is 1. The van der Waals surface area contributed by atoms with Crippen molar-refractivity contribution >= 4 is 11.6 Å². The molecule has 0 bridgehead atoms. The Morgan fingerprint density at radius 2 is 1.92 bits per heavy atom. The average Bonchev–Trinajstić information content (AvgIpc) is 2.55. The zero-order valence-corrected chi connectivity index (χ0v) is 14.0. The van der Waals surface area contributed by atoms with Crippen molar-refractivity contribution in [1.82, 2.24) is 4.90 Å². The van der Waals surface area contributed by atoms with Gasteiger partial charge in [0, 0.05) is 31.3 Å². The van der Waals surface area contributed by atoms with Gasteiger partial charge in [0.2, 0.25) is 5.91 Å². The Labute approximate surface area is 141 Å². The fraction of sp³-hybridized carbons (Fsp3) is 0.316. The second kappa shape index (κ2) is 8.55. The molecule has 0 aromatic heterocycles. The van der Waals surface area contributed by atoms with E-state index >= 15 is 0 Å². The summed E-state index contributed by atoms with van der Waals surface area (Å²) in [5, 5.41) is 2.59. The van der Waals surface area contributed by atoms with E-state index in [1.165, 1.54) is 17.2 Å². The molecule has 0 unspecified atom stereocenters. The monoisotopic (exact) mass is 332 g/mol. The Morgan fingerprint density at radius 3 is 2.58 bits per heavy atom. The summed E-state index contributed by atoms with van der Waals surface area (Å²) in [6, 6.07) is 11.6. The summed E-state index contributed by atoms with van der Waals surface area (Å²) in [7, 11) is 0.